The van der Waals surface area contributed by atoms with Gasteiger partial charge in [-0.25, -0.2) is 10.8 Å². The Balaban J connectivity index is 1.68. The molecule has 10 nitrogen and oxygen atoms in total. The number of nitrogens with two attached hydrogens (primary N) is 1. The van der Waals surface area contributed by atoms with Gasteiger partial charge < -0.3 is 20.8 Å². The van der Waals surface area contributed by atoms with Gasteiger partial charge in [0.15, 0.2) is 0 Å². The predicted molar refractivity (Wildman–Crippen MR) is 128 cm³/mol. The van der Waals surface area contributed by atoms with Gasteiger partial charge in [0.25, 0.3) is 5.91 Å². The second-order valence-electron chi connectivity index (χ2n) is 7.25. The quantitative estimate of drug-likeness (QED) is 0.118. The zero-order valence-electron chi connectivity index (χ0n) is 18.7. The normalized spacial score (nSPS) is 11.7. The molecule has 0 radical (unpaired) electrons. The van der Waals surface area contributed by atoms with E-state index in [9.17, 15) is 14.4 Å². The summed E-state index contributed by atoms with van der Waals surface area (Å²) in [5, 5.41) is 6.24. The van der Waals surface area contributed by atoms with Crippen LogP contribution in [0.5, 0.6) is 0 Å². The Morgan fingerprint density at radius 1 is 1.15 bits per heavy atom. The molecular weight excluding hydrogens is 436 g/mol. The number of para-hydroxylation sites is 1. The van der Waals surface area contributed by atoms with Gasteiger partial charge in [0.1, 0.15) is 6.34 Å². The third-order valence-corrected chi connectivity index (χ3v) is 4.83. The van der Waals surface area contributed by atoms with Crippen molar-refractivity contribution in [1.82, 2.24) is 21.0 Å². The average Bonchev–Trinajstić information content (AvgIpc) is 2.85. The monoisotopic (exact) mass is 462 g/mol. The molecule has 3 rings (SSSR count). The van der Waals surface area contributed by atoms with E-state index in [-0.39, 0.29) is 19.6 Å². The molecule has 2 amide bonds. The lowest BCUT2D eigenvalue weighted by Gasteiger charge is -2.19. The van der Waals surface area contributed by atoms with Crippen LogP contribution in [0.15, 0.2) is 65.8 Å². The molecule has 1 aromatic heterocycles. The lowest BCUT2D eigenvalue weighted by molar-refractivity contribution is -0.143. The van der Waals surface area contributed by atoms with Crippen LogP contribution in [0.2, 0.25) is 0 Å². The van der Waals surface area contributed by atoms with Crippen molar-refractivity contribution >= 4 is 40.7 Å². The summed E-state index contributed by atoms with van der Waals surface area (Å²) in [4.78, 5) is 45.7. The number of pyridine rings is 1. The smallest absolute Gasteiger partial charge is 0.308 e. The van der Waals surface area contributed by atoms with E-state index < -0.39 is 23.8 Å². The van der Waals surface area contributed by atoms with Gasteiger partial charge in [-0.3, -0.25) is 19.4 Å². The molecule has 1 heterocycles. The number of rotatable bonds is 10. The maximum atomic E-state index is 12.6. The standard InChI is InChI=1S/C24H26N6O4/c1-2-34-23(32)12-21(18-10-16-6-3-4-9-20(16)26-13-18)30-22(31)14-27-24(33)17-7-5-8-19(11-17)28-15-29-25/h3-11,13,15,21H,2,12,14,25H2,1H3,(H,27,33)(H,28,29)(H,30,31). The number of nitrogens with one attached hydrogen (secondary N) is 3. The molecule has 0 spiro atoms. The van der Waals surface area contributed by atoms with Gasteiger partial charge in [-0.05, 0) is 42.8 Å². The summed E-state index contributed by atoms with van der Waals surface area (Å²) >= 11 is 0. The molecule has 0 aliphatic rings. The van der Waals surface area contributed by atoms with Crippen molar-refractivity contribution < 1.29 is 19.1 Å². The highest BCUT2D eigenvalue weighted by molar-refractivity contribution is 5.97. The molecule has 0 saturated heterocycles. The number of nitrogens with zero attached hydrogens (tertiary/aromatic N) is 2. The Kier molecular flexibility index (Phi) is 8.64. The van der Waals surface area contributed by atoms with E-state index in [1.807, 2.05) is 30.3 Å². The Morgan fingerprint density at radius 2 is 1.97 bits per heavy atom. The summed E-state index contributed by atoms with van der Waals surface area (Å²) in [5.74, 6) is 3.80. The number of hydrazine groups is 1. The third kappa shape index (κ3) is 6.84. The number of esters is 1. The van der Waals surface area contributed by atoms with E-state index >= 15 is 0 Å². The van der Waals surface area contributed by atoms with Crippen molar-refractivity contribution in [2.45, 2.75) is 19.4 Å². The van der Waals surface area contributed by atoms with E-state index in [1.54, 1.807) is 37.4 Å². The summed E-state index contributed by atoms with van der Waals surface area (Å²) in [6, 6.07) is 15.3. The molecule has 2 aromatic carbocycles. The first-order valence-electron chi connectivity index (χ1n) is 10.7. The average molecular weight is 463 g/mol. The van der Waals surface area contributed by atoms with Crippen molar-refractivity contribution in [1.29, 1.82) is 0 Å². The number of amides is 2. The first kappa shape index (κ1) is 24.3. The van der Waals surface area contributed by atoms with Gasteiger partial charge in [0, 0.05) is 17.1 Å². The first-order valence-corrected chi connectivity index (χ1v) is 10.7. The molecule has 34 heavy (non-hydrogen) atoms. The van der Waals surface area contributed by atoms with E-state index in [0.717, 1.165) is 10.9 Å². The Labute approximate surface area is 196 Å². The Bertz CT molecular complexity index is 1200. The van der Waals surface area contributed by atoms with Gasteiger partial charge in [-0.1, -0.05) is 24.3 Å². The second kappa shape index (κ2) is 12.1. The number of aromatic nitrogens is 1. The van der Waals surface area contributed by atoms with Crippen LogP contribution in [0.3, 0.4) is 0 Å². The second-order valence-corrected chi connectivity index (χ2v) is 7.25. The Morgan fingerprint density at radius 3 is 2.76 bits per heavy atom. The Hall–Kier alpha value is -4.31. The van der Waals surface area contributed by atoms with Crippen LogP contribution < -0.4 is 21.9 Å². The van der Waals surface area contributed by atoms with Crippen molar-refractivity contribution in [2.24, 2.45) is 10.8 Å². The van der Waals surface area contributed by atoms with E-state index in [0.29, 0.717) is 16.8 Å². The summed E-state index contributed by atoms with van der Waals surface area (Å²) < 4.78 is 5.05. The van der Waals surface area contributed by atoms with Crippen LogP contribution in [-0.2, 0) is 14.3 Å². The fourth-order valence-corrected chi connectivity index (χ4v) is 3.26. The van der Waals surface area contributed by atoms with E-state index in [4.69, 9.17) is 10.6 Å². The maximum Gasteiger partial charge on any atom is 0.308 e. The lowest BCUT2D eigenvalue weighted by Crippen LogP contribution is -2.39. The van der Waals surface area contributed by atoms with Gasteiger partial charge in [0.2, 0.25) is 5.91 Å². The van der Waals surface area contributed by atoms with Gasteiger partial charge in [-0.2, -0.15) is 0 Å². The minimum absolute atomic E-state index is 0.0667. The molecule has 0 saturated carbocycles. The van der Waals surface area contributed by atoms with Crippen LogP contribution in [0.1, 0.15) is 35.3 Å². The molecule has 0 fully saturated rings. The zero-order valence-corrected chi connectivity index (χ0v) is 18.7. The number of hydrogen-bond acceptors (Lipinski definition) is 7. The summed E-state index contributed by atoms with van der Waals surface area (Å²) in [5.41, 5.74) is 4.60. The van der Waals surface area contributed by atoms with Crippen LogP contribution in [0, 0.1) is 0 Å². The molecule has 0 aliphatic carbocycles. The first-order chi connectivity index (χ1) is 16.5. The number of carbonyl (C=O) groups is 3. The number of ether oxygens (including phenoxy) is 1. The molecule has 0 bridgehead atoms. The number of carbonyl (C=O) groups excluding carboxylic acids is 3. The lowest BCUT2D eigenvalue weighted by atomic mass is 10.0. The number of aliphatic imine (C=N–C) groups is 1. The zero-order chi connectivity index (χ0) is 24.3. The molecule has 0 aliphatic heterocycles. The van der Waals surface area contributed by atoms with Crippen LogP contribution in [0.4, 0.5) is 5.69 Å². The molecule has 176 valence electrons. The van der Waals surface area contributed by atoms with Crippen LogP contribution >= 0.6 is 0 Å². The third-order valence-electron chi connectivity index (χ3n) is 4.83. The molecule has 10 heteroatoms. The molecule has 3 aromatic rings. The highest BCUT2D eigenvalue weighted by Gasteiger charge is 2.20. The van der Waals surface area contributed by atoms with Crippen molar-refractivity contribution in [3.63, 3.8) is 0 Å². The minimum Gasteiger partial charge on any atom is -0.466 e. The molecule has 1 unspecified atom stereocenters. The van der Waals surface area contributed by atoms with E-state index in [1.165, 1.54) is 6.34 Å². The molecule has 5 N–H and O–H groups in total. The van der Waals surface area contributed by atoms with Crippen LogP contribution in [-0.4, -0.2) is 42.3 Å². The van der Waals surface area contributed by atoms with Gasteiger partial charge in [0.05, 0.1) is 36.8 Å². The maximum absolute atomic E-state index is 12.6. The van der Waals surface area contributed by atoms with Gasteiger partial charge in [-0.15, -0.1) is 0 Å². The van der Waals surface area contributed by atoms with Crippen molar-refractivity contribution in [3.05, 3.63) is 71.9 Å². The number of fused-ring (bicyclic) bond motifs is 1. The topological polar surface area (TPSA) is 148 Å². The van der Waals surface area contributed by atoms with Crippen LogP contribution in [0.25, 0.3) is 10.9 Å². The summed E-state index contributed by atoms with van der Waals surface area (Å²) in [6.45, 7) is 1.67. The minimum atomic E-state index is -0.665. The highest BCUT2D eigenvalue weighted by Crippen LogP contribution is 2.21. The van der Waals surface area contributed by atoms with Crippen molar-refractivity contribution in [3.8, 4) is 0 Å². The molecule has 1 atom stereocenters. The van der Waals surface area contributed by atoms with Gasteiger partial charge >= 0.3 is 5.97 Å². The van der Waals surface area contributed by atoms with Crippen molar-refractivity contribution in [2.75, 3.05) is 13.2 Å². The fraction of sp³-hybridized carbons (Fsp3) is 0.208. The highest BCUT2D eigenvalue weighted by atomic mass is 16.5. The molecular formula is C24H26N6O4. The fourth-order valence-electron chi connectivity index (χ4n) is 3.26. The summed E-state index contributed by atoms with van der Waals surface area (Å²) in [6.07, 6.45) is 2.84. The SMILES string of the molecule is CCOC(=O)CC(NC(=O)CNC(=O)c1cccc(N=CNN)c1)c1cnc2ccccc2c1. The number of benzene rings is 2. The largest absolute Gasteiger partial charge is 0.466 e. The number of hydrogen-bond donors (Lipinski definition) is 4. The predicted octanol–water partition coefficient (Wildman–Crippen LogP) is 1.90. The van der Waals surface area contributed by atoms with E-state index in [2.05, 4.69) is 26.0 Å². The summed E-state index contributed by atoms with van der Waals surface area (Å²) in [7, 11) is 0.